The van der Waals surface area contributed by atoms with Crippen LogP contribution in [0.4, 0.5) is 10.9 Å². The molecule has 1 aromatic heterocycles. The molecule has 2 rings (SSSR count). The van der Waals surface area contributed by atoms with E-state index in [1.165, 1.54) is 11.3 Å². The molecule has 1 aliphatic heterocycles. The first-order valence-corrected chi connectivity index (χ1v) is 7.80. The van der Waals surface area contributed by atoms with Crippen molar-refractivity contribution >= 4 is 28.2 Å². The summed E-state index contributed by atoms with van der Waals surface area (Å²) in [6, 6.07) is 0. The fraction of sp³-hybridized carbons (Fsp3) is 0.571. The number of aromatic nitrogens is 1. The lowest BCUT2D eigenvalue weighted by Gasteiger charge is -2.26. The summed E-state index contributed by atoms with van der Waals surface area (Å²) in [7, 11) is 0. The van der Waals surface area contributed by atoms with Crippen LogP contribution in [0.2, 0.25) is 0 Å². The summed E-state index contributed by atoms with van der Waals surface area (Å²) in [5, 5.41) is 0.774. The highest BCUT2D eigenvalue weighted by atomic mass is 32.1. The number of anilines is 2. The summed E-state index contributed by atoms with van der Waals surface area (Å²) < 4.78 is 5.31. The maximum absolute atomic E-state index is 12.5. The van der Waals surface area contributed by atoms with Crippen LogP contribution in [0.3, 0.4) is 0 Å². The molecule has 0 radical (unpaired) electrons. The van der Waals surface area contributed by atoms with Crippen LogP contribution in [0.5, 0.6) is 0 Å². The Labute approximate surface area is 128 Å². The Morgan fingerprint density at radius 3 is 2.90 bits per heavy atom. The van der Waals surface area contributed by atoms with Gasteiger partial charge in [0.1, 0.15) is 10.7 Å². The van der Waals surface area contributed by atoms with Crippen molar-refractivity contribution in [1.82, 2.24) is 9.88 Å². The van der Waals surface area contributed by atoms with E-state index in [4.69, 9.17) is 16.9 Å². The van der Waals surface area contributed by atoms with Gasteiger partial charge in [0.2, 0.25) is 0 Å². The summed E-state index contributed by atoms with van der Waals surface area (Å²) in [4.78, 5) is 21.0. The van der Waals surface area contributed by atoms with E-state index in [9.17, 15) is 4.79 Å². The van der Waals surface area contributed by atoms with Crippen LogP contribution in [0.15, 0.2) is 0 Å². The van der Waals surface area contributed by atoms with E-state index >= 15 is 0 Å². The average Bonchev–Trinajstić information content (AvgIpc) is 2.89. The lowest BCUT2D eigenvalue weighted by molar-refractivity contribution is 0.0782. The molecule has 0 saturated carbocycles. The van der Waals surface area contributed by atoms with Crippen LogP contribution < -0.4 is 10.6 Å². The summed E-state index contributed by atoms with van der Waals surface area (Å²) in [6.07, 6.45) is 6.18. The SMILES string of the molecule is C#CCN(CCC)C(=O)c1sc(N2CCOCC2)nc1N. The fourth-order valence-electron chi connectivity index (χ4n) is 2.14. The number of hydrogen-bond donors (Lipinski definition) is 1. The Bertz CT molecular complexity index is 532. The third-order valence-electron chi connectivity index (χ3n) is 3.18. The second kappa shape index (κ2) is 7.29. The highest BCUT2D eigenvalue weighted by Gasteiger charge is 2.24. The average molecular weight is 308 g/mol. The monoisotopic (exact) mass is 308 g/mol. The molecule has 0 spiro atoms. The van der Waals surface area contributed by atoms with Crippen molar-refractivity contribution in [2.75, 3.05) is 50.0 Å². The second-order valence-electron chi connectivity index (χ2n) is 4.74. The third kappa shape index (κ3) is 3.65. The second-order valence-corrected chi connectivity index (χ2v) is 5.72. The van der Waals surface area contributed by atoms with Gasteiger partial charge in [0, 0.05) is 19.6 Å². The van der Waals surface area contributed by atoms with Crippen molar-refractivity contribution in [2.45, 2.75) is 13.3 Å². The van der Waals surface area contributed by atoms with Gasteiger partial charge < -0.3 is 20.3 Å². The highest BCUT2D eigenvalue weighted by Crippen LogP contribution is 2.29. The lowest BCUT2D eigenvalue weighted by atomic mass is 10.3. The Kier molecular flexibility index (Phi) is 5.42. The largest absolute Gasteiger partial charge is 0.382 e. The number of rotatable bonds is 5. The lowest BCUT2D eigenvalue weighted by Crippen LogP contribution is -2.36. The Morgan fingerprint density at radius 1 is 1.57 bits per heavy atom. The number of ether oxygens (including phenoxy) is 1. The molecular weight excluding hydrogens is 288 g/mol. The zero-order chi connectivity index (χ0) is 15.2. The van der Waals surface area contributed by atoms with Crippen LogP contribution in [0.25, 0.3) is 0 Å². The molecule has 1 amide bonds. The van der Waals surface area contributed by atoms with Crippen molar-refractivity contribution in [3.8, 4) is 12.3 Å². The zero-order valence-corrected chi connectivity index (χ0v) is 13.0. The predicted octanol–water partition coefficient (Wildman–Crippen LogP) is 1.05. The first kappa shape index (κ1) is 15.6. The first-order valence-electron chi connectivity index (χ1n) is 6.99. The number of amides is 1. The van der Waals surface area contributed by atoms with Crippen molar-refractivity contribution in [3.63, 3.8) is 0 Å². The standard InChI is InChI=1S/C14H20N4O2S/c1-3-5-17(6-4-2)13(19)11-12(15)16-14(21-11)18-7-9-20-10-8-18/h1H,4-10,15H2,2H3. The minimum atomic E-state index is -0.135. The fourth-order valence-corrected chi connectivity index (χ4v) is 3.14. The number of carbonyl (C=O) groups is 1. The molecule has 0 unspecified atom stereocenters. The van der Waals surface area contributed by atoms with Gasteiger partial charge in [-0.15, -0.1) is 6.42 Å². The van der Waals surface area contributed by atoms with Gasteiger partial charge >= 0.3 is 0 Å². The van der Waals surface area contributed by atoms with E-state index in [2.05, 4.69) is 15.8 Å². The molecule has 0 bridgehead atoms. The van der Waals surface area contributed by atoms with Gasteiger partial charge in [0.25, 0.3) is 5.91 Å². The molecule has 6 nitrogen and oxygen atoms in total. The van der Waals surface area contributed by atoms with E-state index in [1.807, 2.05) is 6.92 Å². The van der Waals surface area contributed by atoms with Gasteiger partial charge in [-0.05, 0) is 6.42 Å². The maximum atomic E-state index is 12.5. The molecular formula is C14H20N4O2S. The van der Waals surface area contributed by atoms with Crippen molar-refractivity contribution in [1.29, 1.82) is 0 Å². The van der Waals surface area contributed by atoms with Crippen LogP contribution >= 0.6 is 11.3 Å². The Balaban J connectivity index is 2.17. The van der Waals surface area contributed by atoms with Gasteiger partial charge in [-0.1, -0.05) is 24.2 Å². The van der Waals surface area contributed by atoms with Crippen LogP contribution in [-0.2, 0) is 4.74 Å². The number of carbonyl (C=O) groups excluding carboxylic acids is 1. The van der Waals surface area contributed by atoms with E-state index in [0.29, 0.717) is 24.6 Å². The molecule has 0 aliphatic carbocycles. The normalized spacial score (nSPS) is 14.8. The molecule has 2 N–H and O–H groups in total. The molecule has 7 heteroatoms. The summed E-state index contributed by atoms with van der Waals surface area (Å²) in [5.74, 6) is 2.66. The minimum Gasteiger partial charge on any atom is -0.382 e. The number of nitrogens with zero attached hydrogens (tertiary/aromatic N) is 3. The quantitative estimate of drug-likeness (QED) is 0.823. The smallest absolute Gasteiger partial charge is 0.268 e. The van der Waals surface area contributed by atoms with Gasteiger partial charge in [0.05, 0.1) is 19.8 Å². The predicted molar refractivity (Wildman–Crippen MR) is 84.6 cm³/mol. The number of hydrogen-bond acceptors (Lipinski definition) is 6. The summed E-state index contributed by atoms with van der Waals surface area (Å²) in [6.45, 7) is 5.78. The van der Waals surface area contributed by atoms with Crippen molar-refractivity contribution < 1.29 is 9.53 Å². The zero-order valence-electron chi connectivity index (χ0n) is 12.2. The molecule has 1 aliphatic rings. The molecule has 1 saturated heterocycles. The highest BCUT2D eigenvalue weighted by molar-refractivity contribution is 7.18. The molecule has 2 heterocycles. The minimum absolute atomic E-state index is 0.135. The Morgan fingerprint density at radius 2 is 2.29 bits per heavy atom. The molecule has 0 aromatic carbocycles. The molecule has 114 valence electrons. The summed E-state index contributed by atoms with van der Waals surface area (Å²) >= 11 is 1.33. The molecule has 1 aromatic rings. The number of terminal acetylenes is 1. The van der Waals surface area contributed by atoms with E-state index in [-0.39, 0.29) is 18.3 Å². The first-order chi connectivity index (χ1) is 10.2. The van der Waals surface area contributed by atoms with Crippen molar-refractivity contribution in [3.05, 3.63) is 4.88 Å². The topological polar surface area (TPSA) is 71.7 Å². The van der Waals surface area contributed by atoms with Crippen LogP contribution in [0, 0.1) is 12.3 Å². The van der Waals surface area contributed by atoms with E-state index in [1.54, 1.807) is 4.90 Å². The number of morpholine rings is 1. The van der Waals surface area contributed by atoms with Gasteiger partial charge in [-0.25, -0.2) is 4.98 Å². The van der Waals surface area contributed by atoms with Crippen LogP contribution in [0.1, 0.15) is 23.0 Å². The number of nitrogen functional groups attached to an aromatic ring is 1. The van der Waals surface area contributed by atoms with Crippen molar-refractivity contribution in [2.24, 2.45) is 0 Å². The Hall–Kier alpha value is -1.78. The molecule has 21 heavy (non-hydrogen) atoms. The number of nitrogens with two attached hydrogens (primary N) is 1. The van der Waals surface area contributed by atoms with Gasteiger partial charge in [0.15, 0.2) is 5.13 Å². The van der Waals surface area contributed by atoms with E-state index in [0.717, 1.165) is 24.6 Å². The van der Waals surface area contributed by atoms with E-state index < -0.39 is 0 Å². The van der Waals surface area contributed by atoms with Gasteiger partial charge in [-0.3, -0.25) is 4.79 Å². The van der Waals surface area contributed by atoms with Crippen LogP contribution in [-0.4, -0.2) is 55.2 Å². The third-order valence-corrected chi connectivity index (χ3v) is 4.30. The maximum Gasteiger partial charge on any atom is 0.268 e. The molecule has 1 fully saturated rings. The number of thiazole rings is 1. The van der Waals surface area contributed by atoms with Gasteiger partial charge in [-0.2, -0.15) is 0 Å². The summed E-state index contributed by atoms with van der Waals surface area (Å²) in [5.41, 5.74) is 5.92. The molecule has 0 atom stereocenters.